The SMILES string of the molecule is COc1ccc(S(=O)(=O)N(CC(=O)N(Cc2ccc(Cl)cc2Cl)[C@H](C)C(=O)NC2CCCCC2)c2ccc(C)cc2)cc1. The van der Waals surface area contributed by atoms with Crippen LogP contribution in [0, 0.1) is 6.92 Å². The molecule has 2 amide bonds. The van der Waals surface area contributed by atoms with Gasteiger partial charge in [-0.25, -0.2) is 8.42 Å². The van der Waals surface area contributed by atoms with Gasteiger partial charge in [0.15, 0.2) is 0 Å². The van der Waals surface area contributed by atoms with Crippen LogP contribution in [0.15, 0.2) is 71.6 Å². The van der Waals surface area contributed by atoms with E-state index in [0.717, 1.165) is 42.0 Å². The Kier molecular flexibility index (Phi) is 11.0. The Morgan fingerprint density at radius 2 is 1.63 bits per heavy atom. The van der Waals surface area contributed by atoms with E-state index in [1.807, 2.05) is 6.92 Å². The number of benzene rings is 3. The van der Waals surface area contributed by atoms with Gasteiger partial charge in [-0.3, -0.25) is 13.9 Å². The lowest BCUT2D eigenvalue weighted by Crippen LogP contribution is -2.53. The highest BCUT2D eigenvalue weighted by molar-refractivity contribution is 7.92. The summed E-state index contributed by atoms with van der Waals surface area (Å²) in [6.07, 6.45) is 4.99. The fourth-order valence-corrected chi connectivity index (χ4v) is 6.98. The number of halogens is 2. The number of carbonyl (C=O) groups is 2. The van der Waals surface area contributed by atoms with Crippen molar-refractivity contribution in [3.8, 4) is 5.75 Å². The third kappa shape index (κ3) is 8.22. The summed E-state index contributed by atoms with van der Waals surface area (Å²) >= 11 is 12.6. The fraction of sp³-hybridized carbons (Fsp3) is 0.375. The molecule has 43 heavy (non-hydrogen) atoms. The van der Waals surface area contributed by atoms with Crippen LogP contribution in [0.3, 0.4) is 0 Å². The van der Waals surface area contributed by atoms with Crippen LogP contribution >= 0.6 is 23.2 Å². The number of sulfonamides is 1. The summed E-state index contributed by atoms with van der Waals surface area (Å²) in [5, 5.41) is 3.87. The molecule has 1 saturated carbocycles. The van der Waals surface area contributed by atoms with E-state index in [0.29, 0.717) is 27.0 Å². The highest BCUT2D eigenvalue weighted by Gasteiger charge is 2.33. The van der Waals surface area contributed by atoms with Gasteiger partial charge in [0.1, 0.15) is 18.3 Å². The molecule has 1 aliphatic rings. The van der Waals surface area contributed by atoms with E-state index in [1.165, 1.54) is 24.1 Å². The number of anilines is 1. The standard InChI is InChI=1S/C32H37Cl2N3O5S/c1-22-9-13-27(14-10-22)37(43(40,41)29-17-15-28(42-3)16-18-29)21-31(38)36(20-24-11-12-25(33)19-30(24)34)23(2)32(39)35-26-7-5-4-6-8-26/h9-19,23,26H,4-8,20-21H2,1-3H3,(H,35,39)/t23-/m1/s1. The largest absolute Gasteiger partial charge is 0.497 e. The Balaban J connectivity index is 1.69. The molecular weight excluding hydrogens is 609 g/mol. The molecule has 8 nitrogen and oxygen atoms in total. The summed E-state index contributed by atoms with van der Waals surface area (Å²) in [7, 11) is -2.70. The Labute approximate surface area is 264 Å². The van der Waals surface area contributed by atoms with E-state index in [-0.39, 0.29) is 23.4 Å². The van der Waals surface area contributed by atoms with Crippen molar-refractivity contribution in [2.45, 2.75) is 69.5 Å². The summed E-state index contributed by atoms with van der Waals surface area (Å²) in [4.78, 5) is 29.0. The molecule has 230 valence electrons. The molecule has 0 unspecified atom stereocenters. The van der Waals surface area contributed by atoms with Crippen LogP contribution in [0.1, 0.15) is 50.2 Å². The number of aryl methyl sites for hydroxylation is 1. The molecule has 1 N–H and O–H groups in total. The third-order valence-corrected chi connectivity index (χ3v) is 10.1. The first-order valence-electron chi connectivity index (χ1n) is 14.3. The predicted molar refractivity (Wildman–Crippen MR) is 170 cm³/mol. The van der Waals surface area contributed by atoms with Gasteiger partial charge >= 0.3 is 0 Å². The van der Waals surface area contributed by atoms with Crippen molar-refractivity contribution in [3.05, 3.63) is 87.9 Å². The molecule has 0 saturated heterocycles. The van der Waals surface area contributed by atoms with E-state index >= 15 is 0 Å². The van der Waals surface area contributed by atoms with Crippen molar-refractivity contribution < 1.29 is 22.7 Å². The lowest BCUT2D eigenvalue weighted by Gasteiger charge is -2.33. The van der Waals surface area contributed by atoms with Crippen LogP contribution < -0.4 is 14.4 Å². The number of ether oxygens (including phenoxy) is 1. The number of hydrogen-bond acceptors (Lipinski definition) is 5. The monoisotopic (exact) mass is 645 g/mol. The maximum absolute atomic E-state index is 14.1. The fourth-order valence-electron chi connectivity index (χ4n) is 5.10. The second-order valence-corrected chi connectivity index (χ2v) is 13.5. The molecule has 0 heterocycles. The van der Waals surface area contributed by atoms with E-state index in [2.05, 4.69) is 5.32 Å². The topological polar surface area (TPSA) is 96.0 Å². The lowest BCUT2D eigenvalue weighted by molar-refractivity contribution is -0.139. The van der Waals surface area contributed by atoms with E-state index in [1.54, 1.807) is 61.5 Å². The molecule has 0 aliphatic heterocycles. The van der Waals surface area contributed by atoms with Gasteiger partial charge in [-0.2, -0.15) is 0 Å². The molecule has 0 bridgehead atoms. The van der Waals surface area contributed by atoms with Gasteiger partial charge < -0.3 is 15.0 Å². The highest BCUT2D eigenvalue weighted by atomic mass is 35.5. The minimum atomic E-state index is -4.19. The molecule has 11 heteroatoms. The molecule has 3 aromatic rings. The highest BCUT2D eigenvalue weighted by Crippen LogP contribution is 2.28. The summed E-state index contributed by atoms with van der Waals surface area (Å²) in [6.45, 7) is 2.98. The molecule has 1 aliphatic carbocycles. The van der Waals surface area contributed by atoms with E-state index < -0.39 is 28.5 Å². The molecule has 1 atom stereocenters. The third-order valence-electron chi connectivity index (χ3n) is 7.72. The zero-order chi connectivity index (χ0) is 31.1. The van der Waals surface area contributed by atoms with Crippen LogP contribution in [0.5, 0.6) is 5.75 Å². The van der Waals surface area contributed by atoms with Gasteiger partial charge in [0.2, 0.25) is 11.8 Å². The quantitative estimate of drug-likeness (QED) is 0.261. The Hall–Kier alpha value is -3.27. The molecule has 0 aromatic heterocycles. The minimum absolute atomic E-state index is 0.00272. The van der Waals surface area contributed by atoms with Crippen molar-refractivity contribution in [1.82, 2.24) is 10.2 Å². The van der Waals surface area contributed by atoms with Gasteiger partial charge in [0, 0.05) is 22.6 Å². The maximum Gasteiger partial charge on any atom is 0.264 e. The summed E-state index contributed by atoms with van der Waals surface area (Å²) < 4.78 is 34.2. The maximum atomic E-state index is 14.1. The summed E-state index contributed by atoms with van der Waals surface area (Å²) in [6, 6.07) is 16.9. The number of nitrogens with one attached hydrogen (secondary N) is 1. The Bertz CT molecular complexity index is 1530. The molecule has 3 aromatic carbocycles. The van der Waals surface area contributed by atoms with E-state index in [9.17, 15) is 18.0 Å². The number of nitrogens with zero attached hydrogens (tertiary/aromatic N) is 2. The van der Waals surface area contributed by atoms with Crippen LogP contribution in [0.25, 0.3) is 0 Å². The lowest BCUT2D eigenvalue weighted by atomic mass is 9.95. The van der Waals surface area contributed by atoms with Crippen molar-refractivity contribution >= 4 is 50.7 Å². The van der Waals surface area contributed by atoms with E-state index in [4.69, 9.17) is 27.9 Å². The number of carbonyl (C=O) groups excluding carboxylic acids is 2. The van der Waals surface area contributed by atoms with Gasteiger partial charge in [-0.15, -0.1) is 0 Å². The average Bonchev–Trinajstić information content (AvgIpc) is 3.00. The van der Waals surface area contributed by atoms with Crippen molar-refractivity contribution in [3.63, 3.8) is 0 Å². The normalized spacial score (nSPS) is 14.5. The minimum Gasteiger partial charge on any atom is -0.497 e. The molecule has 4 rings (SSSR count). The first-order chi connectivity index (χ1) is 20.5. The van der Waals surface area contributed by atoms with Crippen LogP contribution in [-0.2, 0) is 26.2 Å². The van der Waals surface area contributed by atoms with Crippen molar-refractivity contribution in [2.75, 3.05) is 18.0 Å². The van der Waals surface area contributed by atoms with Gasteiger partial charge in [-0.05, 0) is 80.8 Å². The predicted octanol–water partition coefficient (Wildman–Crippen LogP) is 6.37. The second-order valence-electron chi connectivity index (χ2n) is 10.8. The van der Waals surface area contributed by atoms with Crippen molar-refractivity contribution in [2.24, 2.45) is 0 Å². The smallest absolute Gasteiger partial charge is 0.264 e. The Morgan fingerprint density at radius 3 is 2.23 bits per heavy atom. The zero-order valence-corrected chi connectivity index (χ0v) is 26.9. The average molecular weight is 647 g/mol. The van der Waals surface area contributed by atoms with Crippen LogP contribution in [0.2, 0.25) is 10.0 Å². The first kappa shape index (κ1) is 32.6. The first-order valence-corrected chi connectivity index (χ1v) is 16.5. The summed E-state index contributed by atoms with van der Waals surface area (Å²) in [5.74, 6) is -0.360. The molecular formula is C32H37Cl2N3O5S. The number of methoxy groups -OCH3 is 1. The zero-order valence-electron chi connectivity index (χ0n) is 24.6. The van der Waals surface area contributed by atoms with Crippen LogP contribution in [-0.4, -0.2) is 50.9 Å². The molecule has 0 radical (unpaired) electrons. The number of amides is 2. The number of hydrogen-bond donors (Lipinski definition) is 1. The van der Waals surface area contributed by atoms with Crippen LogP contribution in [0.4, 0.5) is 5.69 Å². The summed E-state index contributed by atoms with van der Waals surface area (Å²) in [5.41, 5.74) is 1.83. The van der Waals surface area contributed by atoms with Crippen molar-refractivity contribution in [1.29, 1.82) is 0 Å². The second kappa shape index (κ2) is 14.5. The number of rotatable bonds is 11. The molecule has 0 spiro atoms. The van der Waals surface area contributed by atoms with Gasteiger partial charge in [0.25, 0.3) is 10.0 Å². The molecule has 1 fully saturated rings. The Morgan fingerprint density at radius 1 is 0.977 bits per heavy atom. The van der Waals surface area contributed by atoms with Gasteiger partial charge in [0.05, 0.1) is 17.7 Å². The van der Waals surface area contributed by atoms with Gasteiger partial charge in [-0.1, -0.05) is 66.2 Å².